The van der Waals surface area contributed by atoms with Crippen LogP contribution >= 0.6 is 0 Å². The number of alkyl halides is 3. The smallest absolute Gasteiger partial charge is 0.419 e. The van der Waals surface area contributed by atoms with E-state index in [0.717, 1.165) is 13.0 Å². The molecule has 0 aliphatic rings. The van der Waals surface area contributed by atoms with Crippen molar-refractivity contribution in [2.45, 2.75) is 13.1 Å². The lowest BCUT2D eigenvalue weighted by molar-refractivity contribution is -0.140. The molecule has 0 radical (unpaired) electrons. The molecule has 0 heterocycles. The van der Waals surface area contributed by atoms with Crippen molar-refractivity contribution in [1.82, 2.24) is 0 Å². The van der Waals surface area contributed by atoms with Gasteiger partial charge < -0.3 is 5.11 Å². The number of benzene rings is 1. The first-order chi connectivity index (χ1) is 6.75. The molecule has 0 unspecified atom stereocenters. The number of hydrogen-bond acceptors (Lipinski definition) is 1. The molecule has 2 nitrogen and oxygen atoms in total. The highest BCUT2D eigenvalue weighted by Crippen LogP contribution is 2.35. The molecule has 0 aliphatic carbocycles. The molecule has 0 fully saturated rings. The van der Waals surface area contributed by atoms with Gasteiger partial charge in [-0.25, -0.2) is 9.18 Å². The van der Waals surface area contributed by atoms with Crippen LogP contribution in [-0.4, -0.2) is 11.1 Å². The summed E-state index contributed by atoms with van der Waals surface area (Å²) in [6.07, 6.45) is -4.89. The SMILES string of the molecule is Cc1c(C(=O)O)ccc(F)c1C(F)(F)F. The molecule has 0 amide bonds. The van der Waals surface area contributed by atoms with E-state index in [2.05, 4.69) is 0 Å². The second-order valence-electron chi connectivity index (χ2n) is 2.90. The van der Waals surface area contributed by atoms with Gasteiger partial charge in [0.1, 0.15) is 5.82 Å². The molecule has 0 aliphatic heterocycles. The van der Waals surface area contributed by atoms with Crippen molar-refractivity contribution in [2.24, 2.45) is 0 Å². The van der Waals surface area contributed by atoms with Crippen molar-refractivity contribution in [3.63, 3.8) is 0 Å². The van der Waals surface area contributed by atoms with Crippen LogP contribution in [0.2, 0.25) is 0 Å². The molecule has 15 heavy (non-hydrogen) atoms. The zero-order chi connectivity index (χ0) is 11.8. The topological polar surface area (TPSA) is 37.3 Å². The summed E-state index contributed by atoms with van der Waals surface area (Å²) in [6, 6.07) is 1.31. The largest absolute Gasteiger partial charge is 0.478 e. The Morgan fingerprint density at radius 3 is 2.27 bits per heavy atom. The summed E-state index contributed by atoms with van der Waals surface area (Å²) in [6.45, 7) is 0.926. The maximum atomic E-state index is 12.9. The van der Waals surface area contributed by atoms with Gasteiger partial charge in [-0.1, -0.05) is 0 Å². The molecule has 1 aromatic carbocycles. The minimum atomic E-state index is -4.89. The summed E-state index contributed by atoms with van der Waals surface area (Å²) in [5.74, 6) is -2.98. The number of hydrogen-bond donors (Lipinski definition) is 1. The Morgan fingerprint density at radius 1 is 1.33 bits per heavy atom. The van der Waals surface area contributed by atoms with Gasteiger partial charge in [0, 0.05) is 0 Å². The molecule has 1 rings (SSSR count). The van der Waals surface area contributed by atoms with Gasteiger partial charge in [-0.15, -0.1) is 0 Å². The Kier molecular flexibility index (Phi) is 2.70. The van der Waals surface area contributed by atoms with Crippen LogP contribution in [0.5, 0.6) is 0 Å². The van der Waals surface area contributed by atoms with E-state index in [1.807, 2.05) is 0 Å². The van der Waals surface area contributed by atoms with Gasteiger partial charge in [0.2, 0.25) is 0 Å². The van der Waals surface area contributed by atoms with Crippen LogP contribution in [0, 0.1) is 12.7 Å². The average Bonchev–Trinajstić information content (AvgIpc) is 2.00. The molecule has 0 bridgehead atoms. The highest BCUT2D eigenvalue weighted by molar-refractivity contribution is 5.89. The first-order valence-corrected chi connectivity index (χ1v) is 3.84. The van der Waals surface area contributed by atoms with Crippen molar-refractivity contribution in [3.8, 4) is 0 Å². The minimum Gasteiger partial charge on any atom is -0.478 e. The Labute approximate surface area is 82.1 Å². The van der Waals surface area contributed by atoms with Crippen LogP contribution in [0.3, 0.4) is 0 Å². The number of rotatable bonds is 1. The molecular formula is C9H6F4O2. The van der Waals surface area contributed by atoms with Crippen LogP contribution in [0.25, 0.3) is 0 Å². The Hall–Kier alpha value is -1.59. The van der Waals surface area contributed by atoms with Gasteiger partial charge >= 0.3 is 12.1 Å². The standard InChI is InChI=1S/C9H6F4O2/c1-4-5(8(14)15)2-3-6(10)7(4)9(11,12)13/h2-3H,1H3,(H,14,15). The molecule has 0 aromatic heterocycles. The molecule has 0 saturated heterocycles. The van der Waals surface area contributed by atoms with E-state index in [-0.39, 0.29) is 0 Å². The van der Waals surface area contributed by atoms with Crippen LogP contribution < -0.4 is 0 Å². The van der Waals surface area contributed by atoms with E-state index < -0.39 is 34.7 Å². The third-order valence-electron chi connectivity index (χ3n) is 1.93. The molecule has 1 aromatic rings. The number of carboxylic acids is 1. The van der Waals surface area contributed by atoms with Crippen LogP contribution in [0.1, 0.15) is 21.5 Å². The monoisotopic (exact) mass is 222 g/mol. The van der Waals surface area contributed by atoms with E-state index in [9.17, 15) is 22.4 Å². The van der Waals surface area contributed by atoms with Crippen molar-refractivity contribution in [3.05, 3.63) is 34.6 Å². The summed E-state index contributed by atoms with van der Waals surface area (Å²) >= 11 is 0. The van der Waals surface area contributed by atoms with E-state index >= 15 is 0 Å². The fraction of sp³-hybridized carbons (Fsp3) is 0.222. The van der Waals surface area contributed by atoms with Crippen molar-refractivity contribution >= 4 is 5.97 Å². The fourth-order valence-electron chi connectivity index (χ4n) is 1.26. The number of carboxylic acid groups (broad SMARTS) is 1. The lowest BCUT2D eigenvalue weighted by Crippen LogP contribution is -2.14. The van der Waals surface area contributed by atoms with Crippen LogP contribution in [0.15, 0.2) is 12.1 Å². The van der Waals surface area contributed by atoms with E-state index in [1.54, 1.807) is 0 Å². The minimum absolute atomic E-state index is 0.499. The second-order valence-corrected chi connectivity index (χ2v) is 2.90. The zero-order valence-corrected chi connectivity index (χ0v) is 7.52. The first-order valence-electron chi connectivity index (χ1n) is 3.84. The van der Waals surface area contributed by atoms with Gasteiger partial charge in [0.15, 0.2) is 0 Å². The van der Waals surface area contributed by atoms with Gasteiger partial charge in [0.05, 0.1) is 11.1 Å². The van der Waals surface area contributed by atoms with Gasteiger partial charge in [-0.05, 0) is 24.6 Å². The number of carbonyl (C=O) groups is 1. The molecular weight excluding hydrogens is 216 g/mol. The van der Waals surface area contributed by atoms with Crippen LogP contribution in [-0.2, 0) is 6.18 Å². The second kappa shape index (κ2) is 3.52. The van der Waals surface area contributed by atoms with Crippen molar-refractivity contribution in [1.29, 1.82) is 0 Å². The lowest BCUT2D eigenvalue weighted by atomic mass is 10.0. The molecule has 0 spiro atoms. The summed E-state index contributed by atoms with van der Waals surface area (Å²) in [7, 11) is 0. The lowest BCUT2D eigenvalue weighted by Gasteiger charge is -2.12. The molecule has 0 saturated carbocycles. The average molecular weight is 222 g/mol. The highest BCUT2D eigenvalue weighted by atomic mass is 19.4. The number of aromatic carboxylic acids is 1. The summed E-state index contributed by atoms with van der Waals surface area (Å²) in [5, 5.41) is 8.56. The van der Waals surface area contributed by atoms with E-state index in [4.69, 9.17) is 5.11 Å². The molecule has 6 heteroatoms. The first kappa shape index (κ1) is 11.5. The maximum Gasteiger partial charge on any atom is 0.419 e. The van der Waals surface area contributed by atoms with Gasteiger partial charge in [-0.3, -0.25) is 0 Å². The Bertz CT molecular complexity index is 409. The van der Waals surface area contributed by atoms with Crippen LogP contribution in [0.4, 0.5) is 17.6 Å². The predicted octanol–water partition coefficient (Wildman–Crippen LogP) is 2.85. The molecule has 82 valence electrons. The molecule has 0 atom stereocenters. The highest BCUT2D eigenvalue weighted by Gasteiger charge is 2.37. The third kappa shape index (κ3) is 2.08. The van der Waals surface area contributed by atoms with E-state index in [1.165, 1.54) is 0 Å². The zero-order valence-electron chi connectivity index (χ0n) is 7.52. The summed E-state index contributed by atoms with van der Waals surface area (Å²) in [4.78, 5) is 10.5. The summed E-state index contributed by atoms with van der Waals surface area (Å²) < 4.78 is 49.8. The normalized spacial score (nSPS) is 11.5. The third-order valence-corrected chi connectivity index (χ3v) is 1.93. The quantitative estimate of drug-likeness (QED) is 0.742. The van der Waals surface area contributed by atoms with E-state index in [0.29, 0.717) is 6.07 Å². The maximum absolute atomic E-state index is 12.9. The Morgan fingerprint density at radius 2 is 1.87 bits per heavy atom. The fourth-order valence-corrected chi connectivity index (χ4v) is 1.26. The van der Waals surface area contributed by atoms with Gasteiger partial charge in [0.25, 0.3) is 0 Å². The summed E-state index contributed by atoms with van der Waals surface area (Å²) in [5.41, 5.74) is -2.69. The number of halogens is 4. The molecule has 1 N–H and O–H groups in total. The van der Waals surface area contributed by atoms with Crippen molar-refractivity contribution in [2.75, 3.05) is 0 Å². The Balaban J connectivity index is 3.51. The van der Waals surface area contributed by atoms with Crippen molar-refractivity contribution < 1.29 is 27.5 Å². The van der Waals surface area contributed by atoms with Gasteiger partial charge in [-0.2, -0.15) is 13.2 Å². The predicted molar refractivity (Wildman–Crippen MR) is 43.1 cm³/mol.